The van der Waals surface area contributed by atoms with E-state index in [-0.39, 0.29) is 17.9 Å². The lowest BCUT2D eigenvalue weighted by Crippen LogP contribution is -2.43. The molecule has 1 fully saturated rings. The number of primary amides is 1. The summed E-state index contributed by atoms with van der Waals surface area (Å²) >= 11 is 0. The normalized spacial score (nSPS) is 15.2. The first-order valence-corrected chi connectivity index (χ1v) is 8.43. The average molecular weight is 341 g/mol. The molecule has 132 valence electrons. The zero-order valence-electron chi connectivity index (χ0n) is 14.5. The van der Waals surface area contributed by atoms with E-state index >= 15 is 0 Å². The molecule has 1 saturated heterocycles. The van der Waals surface area contributed by atoms with Crippen LogP contribution in [0.15, 0.2) is 30.3 Å². The molecule has 25 heavy (non-hydrogen) atoms. The van der Waals surface area contributed by atoms with Crippen molar-refractivity contribution < 1.29 is 9.59 Å². The maximum Gasteiger partial charge on any atom is 0.323 e. The van der Waals surface area contributed by atoms with Crippen LogP contribution in [-0.2, 0) is 4.79 Å². The Kier molecular flexibility index (Phi) is 4.74. The molecule has 0 bridgehead atoms. The number of carbonyl (C=O) groups excluding carboxylic acids is 2. The number of aryl methyl sites for hydroxylation is 2. The topological polar surface area (TPSA) is 93.3 Å². The molecule has 0 spiro atoms. The van der Waals surface area contributed by atoms with Crippen LogP contribution in [-0.4, -0.2) is 39.7 Å². The van der Waals surface area contributed by atoms with Crippen LogP contribution in [0.4, 0.5) is 10.6 Å². The van der Waals surface area contributed by atoms with Crippen LogP contribution in [0.1, 0.15) is 24.1 Å². The van der Waals surface area contributed by atoms with Gasteiger partial charge in [0.2, 0.25) is 5.91 Å². The Balaban J connectivity index is 1.75. The lowest BCUT2D eigenvalue weighted by atomic mass is 9.96. The number of likely N-dealkylation sites (tertiary alicyclic amines) is 1. The van der Waals surface area contributed by atoms with Gasteiger partial charge in [-0.05, 0) is 38.3 Å². The summed E-state index contributed by atoms with van der Waals surface area (Å²) in [7, 11) is 0. The monoisotopic (exact) mass is 341 g/mol. The maximum atomic E-state index is 12.6. The molecule has 1 aromatic carbocycles. The van der Waals surface area contributed by atoms with Crippen molar-refractivity contribution in [3.63, 3.8) is 0 Å². The molecular weight excluding hydrogens is 318 g/mol. The number of anilines is 1. The number of aromatic nitrogens is 2. The second-order valence-electron chi connectivity index (χ2n) is 6.46. The molecule has 2 aromatic rings. The van der Waals surface area contributed by atoms with Crippen molar-refractivity contribution in [1.29, 1.82) is 0 Å². The predicted octanol–water partition coefficient (Wildman–Crippen LogP) is 2.22. The highest BCUT2D eigenvalue weighted by molar-refractivity contribution is 5.89. The third-order valence-corrected chi connectivity index (χ3v) is 4.59. The summed E-state index contributed by atoms with van der Waals surface area (Å²) in [5, 5.41) is 7.44. The van der Waals surface area contributed by atoms with E-state index in [0.29, 0.717) is 31.7 Å². The number of hydrogen-bond acceptors (Lipinski definition) is 3. The molecule has 7 heteroatoms. The molecule has 1 aliphatic rings. The summed E-state index contributed by atoms with van der Waals surface area (Å²) in [6.45, 7) is 4.95. The SMILES string of the molecule is Cc1cc(NC(=O)N2CCC(C(N)=O)CC2)n(-c2ccccc2C)n1. The lowest BCUT2D eigenvalue weighted by Gasteiger charge is -2.30. The van der Waals surface area contributed by atoms with Gasteiger partial charge in [0.15, 0.2) is 0 Å². The number of amides is 3. The Bertz CT molecular complexity index is 791. The number of carbonyl (C=O) groups is 2. The molecule has 0 aliphatic carbocycles. The molecule has 3 rings (SSSR count). The van der Waals surface area contributed by atoms with Crippen LogP contribution in [0.5, 0.6) is 0 Å². The maximum absolute atomic E-state index is 12.6. The Morgan fingerprint density at radius 2 is 1.88 bits per heavy atom. The van der Waals surface area contributed by atoms with E-state index < -0.39 is 0 Å². The molecule has 3 amide bonds. The lowest BCUT2D eigenvalue weighted by molar-refractivity contribution is -0.122. The number of nitrogens with one attached hydrogen (secondary N) is 1. The largest absolute Gasteiger partial charge is 0.369 e. The fourth-order valence-corrected chi connectivity index (χ4v) is 3.13. The second kappa shape index (κ2) is 6.96. The molecule has 1 aromatic heterocycles. The summed E-state index contributed by atoms with van der Waals surface area (Å²) in [6.07, 6.45) is 1.22. The Labute approximate surface area is 146 Å². The van der Waals surface area contributed by atoms with Crippen LogP contribution < -0.4 is 11.1 Å². The van der Waals surface area contributed by atoms with E-state index in [0.717, 1.165) is 16.9 Å². The Morgan fingerprint density at radius 3 is 2.52 bits per heavy atom. The molecular formula is C18H23N5O2. The first kappa shape index (κ1) is 17.0. The first-order valence-electron chi connectivity index (χ1n) is 8.43. The van der Waals surface area contributed by atoms with E-state index in [2.05, 4.69) is 10.4 Å². The van der Waals surface area contributed by atoms with Gasteiger partial charge in [0.25, 0.3) is 0 Å². The summed E-state index contributed by atoms with van der Waals surface area (Å²) in [5.74, 6) is 0.214. The fourth-order valence-electron chi connectivity index (χ4n) is 3.13. The number of benzene rings is 1. The first-order chi connectivity index (χ1) is 12.0. The van der Waals surface area contributed by atoms with E-state index in [1.807, 2.05) is 44.2 Å². The Hall–Kier alpha value is -2.83. The van der Waals surface area contributed by atoms with Gasteiger partial charge < -0.3 is 10.6 Å². The van der Waals surface area contributed by atoms with Crippen molar-refractivity contribution in [2.75, 3.05) is 18.4 Å². The van der Waals surface area contributed by atoms with Gasteiger partial charge in [-0.1, -0.05) is 18.2 Å². The summed E-state index contributed by atoms with van der Waals surface area (Å²) in [5.41, 5.74) is 8.17. The van der Waals surface area contributed by atoms with Gasteiger partial charge in [-0.3, -0.25) is 10.1 Å². The zero-order chi connectivity index (χ0) is 18.0. The van der Waals surface area contributed by atoms with Gasteiger partial charge >= 0.3 is 6.03 Å². The highest BCUT2D eigenvalue weighted by Crippen LogP contribution is 2.22. The van der Waals surface area contributed by atoms with Crippen molar-refractivity contribution in [2.24, 2.45) is 11.7 Å². The van der Waals surface area contributed by atoms with Crippen molar-refractivity contribution >= 4 is 17.8 Å². The molecule has 1 aliphatic heterocycles. The molecule has 2 heterocycles. The second-order valence-corrected chi connectivity index (χ2v) is 6.46. The highest BCUT2D eigenvalue weighted by Gasteiger charge is 2.26. The summed E-state index contributed by atoms with van der Waals surface area (Å²) in [4.78, 5) is 25.5. The van der Waals surface area contributed by atoms with Crippen LogP contribution in [0.3, 0.4) is 0 Å². The molecule has 3 N–H and O–H groups in total. The zero-order valence-corrected chi connectivity index (χ0v) is 14.5. The van der Waals surface area contributed by atoms with Crippen LogP contribution in [0, 0.1) is 19.8 Å². The summed E-state index contributed by atoms with van der Waals surface area (Å²) in [6, 6.07) is 9.55. The number of nitrogens with two attached hydrogens (primary N) is 1. The van der Waals surface area contributed by atoms with E-state index in [9.17, 15) is 9.59 Å². The third kappa shape index (κ3) is 3.65. The van der Waals surface area contributed by atoms with Gasteiger partial charge in [-0.2, -0.15) is 5.10 Å². The smallest absolute Gasteiger partial charge is 0.323 e. The van der Waals surface area contributed by atoms with Crippen molar-refractivity contribution in [3.05, 3.63) is 41.6 Å². The fraction of sp³-hybridized carbons (Fsp3) is 0.389. The minimum Gasteiger partial charge on any atom is -0.369 e. The van der Waals surface area contributed by atoms with Gasteiger partial charge in [0, 0.05) is 25.1 Å². The number of nitrogens with zero attached hydrogens (tertiary/aromatic N) is 3. The Morgan fingerprint density at radius 1 is 1.20 bits per heavy atom. The number of hydrogen-bond donors (Lipinski definition) is 2. The predicted molar refractivity (Wildman–Crippen MR) is 95.5 cm³/mol. The minimum absolute atomic E-state index is 0.135. The number of urea groups is 1. The van der Waals surface area contributed by atoms with Gasteiger partial charge in [0.05, 0.1) is 11.4 Å². The molecule has 0 radical (unpaired) electrons. The van der Waals surface area contributed by atoms with Crippen molar-refractivity contribution in [2.45, 2.75) is 26.7 Å². The van der Waals surface area contributed by atoms with E-state index in [1.54, 1.807) is 9.58 Å². The molecule has 0 saturated carbocycles. The van der Waals surface area contributed by atoms with Crippen LogP contribution in [0.2, 0.25) is 0 Å². The van der Waals surface area contributed by atoms with E-state index in [1.165, 1.54) is 0 Å². The van der Waals surface area contributed by atoms with Crippen molar-refractivity contribution in [1.82, 2.24) is 14.7 Å². The minimum atomic E-state index is -0.284. The summed E-state index contributed by atoms with van der Waals surface area (Å²) < 4.78 is 1.75. The highest BCUT2D eigenvalue weighted by atomic mass is 16.2. The molecule has 0 unspecified atom stereocenters. The third-order valence-electron chi connectivity index (χ3n) is 4.59. The van der Waals surface area contributed by atoms with Gasteiger partial charge in [-0.15, -0.1) is 0 Å². The quantitative estimate of drug-likeness (QED) is 0.896. The number of rotatable bonds is 3. The van der Waals surface area contributed by atoms with Gasteiger partial charge in [-0.25, -0.2) is 9.48 Å². The van der Waals surface area contributed by atoms with Crippen molar-refractivity contribution in [3.8, 4) is 5.69 Å². The number of para-hydroxylation sites is 1. The molecule has 0 atom stereocenters. The number of piperidine rings is 1. The standard InChI is InChI=1S/C18H23N5O2/c1-12-5-3-4-6-15(12)23-16(11-13(2)21-23)20-18(25)22-9-7-14(8-10-22)17(19)24/h3-6,11,14H,7-10H2,1-2H3,(H2,19,24)(H,20,25). The van der Waals surface area contributed by atoms with E-state index in [4.69, 9.17) is 5.73 Å². The van der Waals surface area contributed by atoms with Gasteiger partial charge in [0.1, 0.15) is 5.82 Å². The average Bonchev–Trinajstić information content (AvgIpc) is 2.95. The molecule has 7 nitrogen and oxygen atoms in total. The van der Waals surface area contributed by atoms with Crippen LogP contribution in [0.25, 0.3) is 5.69 Å². The van der Waals surface area contributed by atoms with Crippen LogP contribution >= 0.6 is 0 Å².